The van der Waals surface area contributed by atoms with Crippen LogP contribution in [0.1, 0.15) is 104 Å². The minimum atomic E-state index is -0.215. The molecule has 2 heteroatoms. The molecule has 53 heavy (non-hydrogen) atoms. The van der Waals surface area contributed by atoms with Gasteiger partial charge in [-0.1, -0.05) is 144 Å². The zero-order chi connectivity index (χ0) is 36.1. The van der Waals surface area contributed by atoms with Crippen LogP contribution in [0.15, 0.2) is 144 Å². The van der Waals surface area contributed by atoms with E-state index in [1.54, 1.807) is 0 Å². The van der Waals surface area contributed by atoms with Gasteiger partial charge in [0, 0.05) is 39.7 Å². The molecule has 2 heterocycles. The minimum absolute atomic E-state index is 0.0732. The van der Waals surface area contributed by atoms with E-state index in [1.807, 2.05) is 12.3 Å². The Hall–Kier alpha value is -5.47. The maximum Gasteiger partial charge on any atom is 0.0701 e. The molecule has 0 amide bonds. The van der Waals surface area contributed by atoms with E-state index in [2.05, 4.69) is 178 Å². The van der Waals surface area contributed by atoms with Crippen LogP contribution < -0.4 is 0 Å². The molecule has 5 aromatic rings. The number of pyridine rings is 1. The highest BCUT2D eigenvalue weighted by molar-refractivity contribution is 5.92. The summed E-state index contributed by atoms with van der Waals surface area (Å²) >= 11 is 0. The number of benzene rings is 3. The molecule has 0 saturated carbocycles. The Labute approximate surface area is 314 Å². The molecule has 2 nitrogen and oxygen atoms in total. The fourth-order valence-electron chi connectivity index (χ4n) is 9.91. The predicted octanol–water partition coefficient (Wildman–Crippen LogP) is 13.2. The Morgan fingerprint density at radius 1 is 0.774 bits per heavy atom. The number of hydrogen-bond donors (Lipinski definition) is 0. The van der Waals surface area contributed by atoms with Gasteiger partial charge in [-0.3, -0.25) is 4.98 Å². The number of aromatic nitrogens is 2. The van der Waals surface area contributed by atoms with Gasteiger partial charge in [-0.25, -0.2) is 0 Å². The molecule has 0 spiro atoms. The first kappa shape index (κ1) is 32.2. The standard InChI is InChI=1S/C51H46N2/c1-32-12-10-18-46-47(32)41-15-6-7-17-45(41)53(46)39-14-11-13-35(30-39)43-31-42(33-19-21-34(22-20-33)44-16-8-9-27-52-44)40-24-23-36-28-38(50(2,3)4)29-37-25-26-51(43,5)49(40)48(36)37/h6-11,13,15-32,39,49H,12,14H2,1-5H3. The molecule has 0 radical (unpaired) electrons. The van der Waals surface area contributed by atoms with Crippen molar-refractivity contribution in [2.24, 2.45) is 5.41 Å². The molecular weight excluding hydrogens is 641 g/mol. The zero-order valence-corrected chi connectivity index (χ0v) is 31.4. The molecule has 0 saturated heterocycles. The van der Waals surface area contributed by atoms with Crippen molar-refractivity contribution in [1.29, 1.82) is 0 Å². The van der Waals surface area contributed by atoms with Crippen LogP contribution in [0.5, 0.6) is 0 Å². The maximum absolute atomic E-state index is 4.63. The van der Waals surface area contributed by atoms with Crippen molar-refractivity contribution in [2.45, 2.75) is 70.8 Å². The van der Waals surface area contributed by atoms with Crippen molar-refractivity contribution in [3.05, 3.63) is 183 Å². The second kappa shape index (κ2) is 11.8. The summed E-state index contributed by atoms with van der Waals surface area (Å²) in [5, 5.41) is 1.40. The summed E-state index contributed by atoms with van der Waals surface area (Å²) in [6.07, 6.45) is 28.4. The van der Waals surface area contributed by atoms with E-state index in [4.69, 9.17) is 0 Å². The molecule has 10 rings (SSSR count). The molecular formula is C51H46N2. The smallest absolute Gasteiger partial charge is 0.0701 e. The average Bonchev–Trinajstić information content (AvgIpc) is 3.52. The third kappa shape index (κ3) is 4.95. The SMILES string of the molecule is CC1CC=Cc2c1c1ccccc1n2C1C=C(C2=CC(c3ccc(-c4ccccn4)cc3)=C3C=Cc4cc(C(C)(C)C)cc5c4C3C2(C)C=C5)C=CC1. The first-order valence-electron chi connectivity index (χ1n) is 19.4. The summed E-state index contributed by atoms with van der Waals surface area (Å²) in [5.41, 5.74) is 18.5. The molecule has 0 fully saturated rings. The van der Waals surface area contributed by atoms with Crippen molar-refractivity contribution >= 4 is 34.7 Å². The summed E-state index contributed by atoms with van der Waals surface area (Å²) in [5.74, 6) is 0.722. The summed E-state index contributed by atoms with van der Waals surface area (Å²) < 4.78 is 2.63. The van der Waals surface area contributed by atoms with Crippen molar-refractivity contribution < 1.29 is 0 Å². The van der Waals surface area contributed by atoms with E-state index in [9.17, 15) is 0 Å². The van der Waals surface area contributed by atoms with Crippen molar-refractivity contribution in [1.82, 2.24) is 9.55 Å². The van der Waals surface area contributed by atoms with Crippen LogP contribution in [0.25, 0.3) is 46.0 Å². The number of fused-ring (bicyclic) bond motifs is 3. The lowest BCUT2D eigenvalue weighted by Gasteiger charge is -2.48. The third-order valence-electron chi connectivity index (χ3n) is 12.6. The van der Waals surface area contributed by atoms with E-state index in [-0.39, 0.29) is 22.8 Å². The Kier molecular flexibility index (Phi) is 7.15. The molecule has 3 aromatic carbocycles. The van der Waals surface area contributed by atoms with E-state index >= 15 is 0 Å². The van der Waals surface area contributed by atoms with Crippen molar-refractivity contribution in [3.8, 4) is 11.3 Å². The van der Waals surface area contributed by atoms with Crippen LogP contribution in [-0.2, 0) is 5.41 Å². The maximum atomic E-state index is 4.63. The lowest BCUT2D eigenvalue weighted by molar-refractivity contribution is 0.441. The first-order valence-corrected chi connectivity index (χ1v) is 19.4. The highest BCUT2D eigenvalue weighted by Gasteiger charge is 2.47. The quantitative estimate of drug-likeness (QED) is 0.184. The van der Waals surface area contributed by atoms with Crippen LogP contribution in [-0.4, -0.2) is 9.55 Å². The summed E-state index contributed by atoms with van der Waals surface area (Å²) in [4.78, 5) is 4.63. The molecule has 0 aliphatic heterocycles. The molecule has 5 aliphatic rings. The van der Waals surface area contributed by atoms with Gasteiger partial charge in [-0.15, -0.1) is 0 Å². The number of para-hydroxylation sites is 1. The van der Waals surface area contributed by atoms with Gasteiger partial charge >= 0.3 is 0 Å². The lowest BCUT2D eigenvalue weighted by atomic mass is 9.55. The fourth-order valence-corrected chi connectivity index (χ4v) is 9.91. The first-order chi connectivity index (χ1) is 25.7. The van der Waals surface area contributed by atoms with Gasteiger partial charge < -0.3 is 4.57 Å². The topological polar surface area (TPSA) is 17.8 Å². The van der Waals surface area contributed by atoms with Crippen LogP contribution in [0.3, 0.4) is 0 Å². The fraction of sp³-hybridized carbons (Fsp3) is 0.235. The Bertz CT molecular complexity index is 2550. The van der Waals surface area contributed by atoms with Gasteiger partial charge in [0.15, 0.2) is 0 Å². The Balaban J connectivity index is 1.16. The number of rotatable bonds is 4. The largest absolute Gasteiger partial charge is 0.333 e. The summed E-state index contributed by atoms with van der Waals surface area (Å²) in [7, 11) is 0. The monoisotopic (exact) mass is 686 g/mol. The van der Waals surface area contributed by atoms with Gasteiger partial charge in [0.1, 0.15) is 0 Å². The Morgan fingerprint density at radius 3 is 2.32 bits per heavy atom. The van der Waals surface area contributed by atoms with Gasteiger partial charge in [0.2, 0.25) is 0 Å². The Morgan fingerprint density at radius 2 is 1.53 bits per heavy atom. The van der Waals surface area contributed by atoms with E-state index in [1.165, 1.54) is 72.3 Å². The van der Waals surface area contributed by atoms with Crippen LogP contribution in [0, 0.1) is 5.41 Å². The van der Waals surface area contributed by atoms with E-state index < -0.39 is 0 Å². The second-order valence-corrected chi connectivity index (χ2v) is 17.0. The van der Waals surface area contributed by atoms with Gasteiger partial charge in [-0.2, -0.15) is 0 Å². The van der Waals surface area contributed by atoms with Gasteiger partial charge in [0.25, 0.3) is 0 Å². The average molecular weight is 687 g/mol. The number of hydrogen-bond acceptors (Lipinski definition) is 1. The molecule has 4 unspecified atom stereocenters. The third-order valence-corrected chi connectivity index (χ3v) is 12.6. The number of nitrogens with zero attached hydrogens (tertiary/aromatic N) is 2. The molecule has 5 aliphatic carbocycles. The molecule has 4 atom stereocenters. The lowest BCUT2D eigenvalue weighted by Crippen LogP contribution is -2.35. The molecule has 2 aromatic heterocycles. The minimum Gasteiger partial charge on any atom is -0.333 e. The van der Waals surface area contributed by atoms with E-state index in [0.29, 0.717) is 5.92 Å². The zero-order valence-electron chi connectivity index (χ0n) is 31.4. The predicted molar refractivity (Wildman–Crippen MR) is 224 cm³/mol. The van der Waals surface area contributed by atoms with Crippen LogP contribution in [0.4, 0.5) is 0 Å². The van der Waals surface area contributed by atoms with Crippen LogP contribution >= 0.6 is 0 Å². The molecule has 0 N–H and O–H groups in total. The normalized spacial score (nSPS) is 23.9. The molecule has 0 bridgehead atoms. The van der Waals surface area contributed by atoms with Crippen molar-refractivity contribution in [3.63, 3.8) is 0 Å². The number of allylic oxidation sites excluding steroid dienone is 11. The highest BCUT2D eigenvalue weighted by Crippen LogP contribution is 2.61. The van der Waals surface area contributed by atoms with Gasteiger partial charge in [0.05, 0.1) is 11.7 Å². The van der Waals surface area contributed by atoms with Crippen LogP contribution in [0.2, 0.25) is 0 Å². The molecule has 260 valence electrons. The summed E-state index contributed by atoms with van der Waals surface area (Å²) in [6, 6.07) is 29.4. The van der Waals surface area contributed by atoms with E-state index in [0.717, 1.165) is 24.1 Å². The highest BCUT2D eigenvalue weighted by atomic mass is 15.0. The summed E-state index contributed by atoms with van der Waals surface area (Å²) in [6.45, 7) is 11.8. The second-order valence-electron chi connectivity index (χ2n) is 17.0. The van der Waals surface area contributed by atoms with Crippen molar-refractivity contribution in [2.75, 3.05) is 0 Å². The van der Waals surface area contributed by atoms with Gasteiger partial charge in [-0.05, 0) is 110 Å².